The molecule has 0 saturated carbocycles. The molecule has 0 fully saturated rings. The third-order valence-corrected chi connectivity index (χ3v) is 2.68. The smallest absolute Gasteiger partial charge is 0.323 e. The zero-order valence-corrected chi connectivity index (χ0v) is 10.5. The van der Waals surface area contributed by atoms with Crippen molar-refractivity contribution in [2.45, 2.75) is 6.04 Å². The third-order valence-electron chi connectivity index (χ3n) is 1.93. The summed E-state index contributed by atoms with van der Waals surface area (Å²) in [5, 5.41) is 11.3. The van der Waals surface area contributed by atoms with Gasteiger partial charge in [0.25, 0.3) is 5.91 Å². The summed E-state index contributed by atoms with van der Waals surface area (Å²) >= 11 is 1.74. The third kappa shape index (κ3) is 3.78. The topological polar surface area (TPSA) is 78.4 Å². The van der Waals surface area contributed by atoms with Gasteiger partial charge in [-0.15, -0.1) is 0 Å². The van der Waals surface area contributed by atoms with E-state index in [1.807, 2.05) is 6.07 Å². The maximum Gasteiger partial charge on any atom is 0.323 e. The molecule has 0 aliphatic carbocycles. The number of hydrogen-bond acceptors (Lipinski definition) is 3. The molecule has 1 rings (SSSR count). The van der Waals surface area contributed by atoms with Crippen LogP contribution in [-0.4, -0.2) is 29.6 Å². The molecule has 3 N–H and O–H groups in total. The fourth-order valence-corrected chi connectivity index (χ4v) is 1.55. The minimum absolute atomic E-state index is 0.0476. The van der Waals surface area contributed by atoms with Gasteiger partial charge in [-0.3, -0.25) is 9.59 Å². The van der Waals surface area contributed by atoms with Crippen molar-refractivity contribution in [1.82, 2.24) is 8.85 Å². The Bertz CT molecular complexity index is 370. The van der Waals surface area contributed by atoms with Crippen LogP contribution in [-0.2, 0) is 4.79 Å². The van der Waals surface area contributed by atoms with Crippen LogP contribution in [0.4, 0.5) is 0 Å². The first-order chi connectivity index (χ1) is 7.65. The van der Waals surface area contributed by atoms with E-state index in [1.165, 1.54) is 0 Å². The Balaban J connectivity index is 2.50. The van der Waals surface area contributed by atoms with Crippen molar-refractivity contribution in [3.63, 3.8) is 0 Å². The van der Waals surface area contributed by atoms with Crippen molar-refractivity contribution in [2.75, 3.05) is 6.54 Å². The summed E-state index contributed by atoms with van der Waals surface area (Å²) in [6.07, 6.45) is 0. The fraction of sp³-hybridized carbons (Fsp3) is 0.200. The molecule has 0 bridgehead atoms. The van der Waals surface area contributed by atoms with Gasteiger partial charge < -0.3 is 10.4 Å². The van der Waals surface area contributed by atoms with E-state index in [-0.39, 0.29) is 12.5 Å². The molecule has 86 valence electrons. The zero-order chi connectivity index (χ0) is 12.0. The van der Waals surface area contributed by atoms with Crippen LogP contribution in [0.3, 0.4) is 0 Å². The van der Waals surface area contributed by atoms with Crippen molar-refractivity contribution in [1.29, 1.82) is 0 Å². The van der Waals surface area contributed by atoms with Crippen LogP contribution in [0, 0.1) is 0 Å². The van der Waals surface area contributed by atoms with Gasteiger partial charge in [-0.2, -0.15) is 0 Å². The first-order valence-electron chi connectivity index (χ1n) is 4.57. The van der Waals surface area contributed by atoms with Crippen LogP contribution in [0.1, 0.15) is 10.4 Å². The average molecular weight is 334 g/mol. The van der Waals surface area contributed by atoms with Gasteiger partial charge in [0.1, 0.15) is 6.04 Å². The lowest BCUT2D eigenvalue weighted by molar-refractivity contribution is -0.138. The molecule has 0 heterocycles. The van der Waals surface area contributed by atoms with Crippen molar-refractivity contribution in [3.8, 4) is 0 Å². The average Bonchev–Trinajstić information content (AvgIpc) is 2.30. The molecule has 1 aromatic rings. The minimum atomic E-state index is -0.997. The molecule has 0 aromatic heterocycles. The fourth-order valence-electron chi connectivity index (χ4n) is 1.06. The Kier molecular flexibility index (Phi) is 5.20. The second-order valence-corrected chi connectivity index (χ2v) is 3.70. The van der Waals surface area contributed by atoms with E-state index in [2.05, 4.69) is 8.85 Å². The number of aliphatic carboxylic acids is 1. The van der Waals surface area contributed by atoms with Gasteiger partial charge in [-0.1, -0.05) is 18.2 Å². The van der Waals surface area contributed by atoms with Gasteiger partial charge in [0.15, 0.2) is 0 Å². The highest BCUT2D eigenvalue weighted by Gasteiger charge is 2.16. The van der Waals surface area contributed by atoms with Gasteiger partial charge in [0.2, 0.25) is 0 Å². The van der Waals surface area contributed by atoms with Crippen LogP contribution in [0.15, 0.2) is 30.3 Å². The second-order valence-electron chi connectivity index (χ2n) is 3.08. The van der Waals surface area contributed by atoms with Gasteiger partial charge in [-0.05, 0) is 12.1 Å². The number of carboxylic acid groups (broad SMARTS) is 1. The summed E-state index contributed by atoms with van der Waals surface area (Å²) < 4.78 is 2.56. The summed E-state index contributed by atoms with van der Waals surface area (Å²) in [4.78, 5) is 22.2. The summed E-state index contributed by atoms with van der Waals surface area (Å²) in [6, 6.07) is 7.86. The molecule has 1 unspecified atom stereocenters. The van der Waals surface area contributed by atoms with E-state index in [4.69, 9.17) is 5.11 Å². The molecule has 0 aliphatic heterocycles. The Morgan fingerprint density at radius 2 is 1.94 bits per heavy atom. The van der Waals surface area contributed by atoms with E-state index < -0.39 is 12.0 Å². The second kappa shape index (κ2) is 6.44. The number of carboxylic acids is 1. The molecule has 0 aliphatic rings. The predicted molar refractivity (Wildman–Crippen MR) is 67.4 cm³/mol. The van der Waals surface area contributed by atoms with E-state index in [0.29, 0.717) is 5.56 Å². The lowest BCUT2D eigenvalue weighted by Crippen LogP contribution is -2.42. The Morgan fingerprint density at radius 1 is 1.31 bits per heavy atom. The monoisotopic (exact) mass is 334 g/mol. The molecule has 0 saturated heterocycles. The highest BCUT2D eigenvalue weighted by molar-refractivity contribution is 14.1. The Labute approximate surface area is 107 Å². The summed E-state index contributed by atoms with van der Waals surface area (Å²) in [7, 11) is 0. The number of halogens is 1. The molecule has 0 radical (unpaired) electrons. The summed E-state index contributed by atoms with van der Waals surface area (Å²) in [6.45, 7) is 0.0476. The number of amides is 1. The highest BCUT2D eigenvalue weighted by atomic mass is 127. The molecule has 1 amide bonds. The lowest BCUT2D eigenvalue weighted by Gasteiger charge is -2.11. The van der Waals surface area contributed by atoms with Gasteiger partial charge >= 0.3 is 5.97 Å². The molecule has 1 aromatic carbocycles. The van der Waals surface area contributed by atoms with Crippen LogP contribution in [0.2, 0.25) is 0 Å². The number of benzene rings is 1. The minimum Gasteiger partial charge on any atom is -0.480 e. The Morgan fingerprint density at radius 3 is 2.44 bits per heavy atom. The first kappa shape index (κ1) is 12.9. The zero-order valence-electron chi connectivity index (χ0n) is 8.31. The number of rotatable bonds is 5. The molecular formula is C10H11IN2O3. The Hall–Kier alpha value is -1.15. The number of carbonyl (C=O) groups is 2. The molecule has 6 heteroatoms. The van der Waals surface area contributed by atoms with Crippen LogP contribution < -0.4 is 8.85 Å². The largest absolute Gasteiger partial charge is 0.480 e. The van der Waals surface area contributed by atoms with Crippen molar-refractivity contribution in [2.24, 2.45) is 0 Å². The molecule has 1 atom stereocenters. The highest BCUT2D eigenvalue weighted by Crippen LogP contribution is 1.98. The van der Waals surface area contributed by atoms with Crippen molar-refractivity contribution >= 4 is 34.7 Å². The van der Waals surface area contributed by atoms with Gasteiger partial charge in [0.05, 0.1) is 0 Å². The summed E-state index contributed by atoms with van der Waals surface area (Å²) in [5.41, 5.74) is 0.514. The molecular weight excluding hydrogens is 323 g/mol. The van der Waals surface area contributed by atoms with Crippen molar-refractivity contribution in [3.05, 3.63) is 35.9 Å². The maximum atomic E-state index is 11.6. The first-order valence-corrected chi connectivity index (χ1v) is 5.65. The van der Waals surface area contributed by atoms with E-state index in [1.54, 1.807) is 47.1 Å². The molecule has 5 nitrogen and oxygen atoms in total. The lowest BCUT2D eigenvalue weighted by atomic mass is 10.2. The predicted octanol–water partition coefficient (Wildman–Crippen LogP) is 0.809. The van der Waals surface area contributed by atoms with E-state index in [9.17, 15) is 9.59 Å². The van der Waals surface area contributed by atoms with E-state index in [0.717, 1.165) is 0 Å². The number of carbonyl (C=O) groups excluding carboxylic acids is 1. The summed E-state index contributed by atoms with van der Waals surface area (Å²) in [5.74, 6) is -1.28. The van der Waals surface area contributed by atoms with Gasteiger partial charge in [0, 0.05) is 35.0 Å². The molecule has 16 heavy (non-hydrogen) atoms. The normalized spacial score (nSPS) is 11.8. The quantitative estimate of drug-likeness (QED) is 0.550. The van der Waals surface area contributed by atoms with Gasteiger partial charge in [-0.25, -0.2) is 3.53 Å². The van der Waals surface area contributed by atoms with E-state index >= 15 is 0 Å². The molecule has 0 spiro atoms. The van der Waals surface area contributed by atoms with Crippen LogP contribution in [0.25, 0.3) is 0 Å². The standard InChI is InChI=1S/C10H11IN2O3/c11-13-8(10(15)16)6-12-9(14)7-4-2-1-3-5-7/h1-5,8,13H,6H2,(H,12,14)(H,15,16). The number of nitrogens with one attached hydrogen (secondary N) is 2. The van der Waals surface area contributed by atoms with Crippen LogP contribution in [0.5, 0.6) is 0 Å². The number of hydrogen-bond donors (Lipinski definition) is 3. The maximum absolute atomic E-state index is 11.6. The van der Waals surface area contributed by atoms with Crippen molar-refractivity contribution < 1.29 is 14.7 Å². The SMILES string of the molecule is O=C(NCC(NI)C(=O)O)c1ccccc1. The van der Waals surface area contributed by atoms with Crippen LogP contribution >= 0.6 is 22.9 Å².